The largest absolute Gasteiger partial charge is 0.358 e. The van der Waals surface area contributed by atoms with Crippen LogP contribution in [-0.2, 0) is 0 Å². The molecule has 0 aromatic heterocycles. The predicted molar refractivity (Wildman–Crippen MR) is 156 cm³/mol. The van der Waals surface area contributed by atoms with Crippen molar-refractivity contribution in [1.29, 1.82) is 0 Å². The Balaban J connectivity index is 3.92. The molecule has 0 N–H and O–H groups in total. The van der Waals surface area contributed by atoms with Crippen LogP contribution in [0.3, 0.4) is 0 Å². The molecule has 6 heteroatoms. The van der Waals surface area contributed by atoms with Gasteiger partial charge in [0, 0.05) is 26.2 Å². The van der Waals surface area contributed by atoms with Crippen molar-refractivity contribution in [1.82, 2.24) is 9.80 Å². The fourth-order valence-corrected chi connectivity index (χ4v) is 4.70. The minimum absolute atomic E-state index is 0.728. The van der Waals surface area contributed by atoms with Gasteiger partial charge >= 0.3 is 0 Å². The standard InChI is InChI=1S/C25H50N2S4/c1-3-5-7-9-11-13-15-17-20-26(24(28)29)22-19-23-27(25(30)31)21-18-16-14-12-10-8-6-4-2/h3-23H2,1-2H3,(H,28,29)(H,30,31). The molecule has 2 nitrogen and oxygen atoms in total. The van der Waals surface area contributed by atoms with Crippen LogP contribution >= 0.6 is 49.7 Å². The smallest absolute Gasteiger partial charge is 0.133 e. The van der Waals surface area contributed by atoms with Gasteiger partial charge in [-0.25, -0.2) is 0 Å². The number of rotatable bonds is 22. The fraction of sp³-hybridized carbons (Fsp3) is 0.920. The van der Waals surface area contributed by atoms with Crippen molar-refractivity contribution in [2.24, 2.45) is 0 Å². The van der Waals surface area contributed by atoms with Gasteiger partial charge in [-0.05, 0) is 19.3 Å². The molecule has 0 aliphatic rings. The summed E-state index contributed by atoms with van der Waals surface area (Å²) in [5.74, 6) is 0. The van der Waals surface area contributed by atoms with Crippen LogP contribution in [0.15, 0.2) is 0 Å². The number of thiocarbonyl (C=S) groups is 2. The molecular formula is C25H50N2S4. The summed E-state index contributed by atoms with van der Waals surface area (Å²) in [6, 6.07) is 0. The second kappa shape index (κ2) is 23.6. The van der Waals surface area contributed by atoms with Crippen LogP contribution in [0.1, 0.15) is 123 Å². The molecular weight excluding hydrogens is 457 g/mol. The van der Waals surface area contributed by atoms with Crippen LogP contribution in [0.25, 0.3) is 0 Å². The Kier molecular flexibility index (Phi) is 24.0. The molecule has 0 spiro atoms. The molecule has 0 atom stereocenters. The molecule has 0 aliphatic heterocycles. The topological polar surface area (TPSA) is 6.48 Å². The van der Waals surface area contributed by atoms with E-state index in [1.54, 1.807) is 0 Å². The van der Waals surface area contributed by atoms with Gasteiger partial charge in [0.2, 0.25) is 0 Å². The summed E-state index contributed by atoms with van der Waals surface area (Å²) in [7, 11) is 0. The molecule has 0 aromatic rings. The van der Waals surface area contributed by atoms with E-state index in [0.717, 1.165) is 41.2 Å². The predicted octanol–water partition coefficient (Wildman–Crippen LogP) is 8.69. The van der Waals surface area contributed by atoms with E-state index in [4.69, 9.17) is 24.4 Å². The zero-order valence-corrected chi connectivity index (χ0v) is 23.9. The Morgan fingerprint density at radius 1 is 0.452 bits per heavy atom. The van der Waals surface area contributed by atoms with E-state index >= 15 is 0 Å². The SMILES string of the molecule is CCCCCCCCCCN(CCCN(CCCCCCCCCC)C(=S)S)C(=S)S. The van der Waals surface area contributed by atoms with E-state index in [-0.39, 0.29) is 0 Å². The van der Waals surface area contributed by atoms with Crippen LogP contribution in [0, 0.1) is 0 Å². The molecule has 0 radical (unpaired) electrons. The van der Waals surface area contributed by atoms with Crippen LogP contribution < -0.4 is 0 Å². The third-order valence-corrected chi connectivity index (χ3v) is 7.04. The van der Waals surface area contributed by atoms with Gasteiger partial charge in [-0.3, -0.25) is 0 Å². The maximum atomic E-state index is 5.37. The summed E-state index contributed by atoms with van der Waals surface area (Å²) in [4.78, 5) is 4.51. The molecule has 31 heavy (non-hydrogen) atoms. The highest BCUT2D eigenvalue weighted by atomic mass is 32.1. The Hall–Kier alpha value is 0.480. The molecule has 0 saturated carbocycles. The number of hydrogen-bond donors (Lipinski definition) is 2. The minimum Gasteiger partial charge on any atom is -0.358 e. The molecule has 184 valence electrons. The molecule has 0 amide bonds. The third-order valence-electron chi connectivity index (χ3n) is 5.96. The summed E-state index contributed by atoms with van der Waals surface area (Å²) >= 11 is 19.6. The molecule has 0 bridgehead atoms. The summed E-state index contributed by atoms with van der Waals surface area (Å²) in [6.45, 7) is 8.52. The first-order valence-electron chi connectivity index (χ1n) is 13.0. The van der Waals surface area contributed by atoms with Crippen molar-refractivity contribution < 1.29 is 0 Å². The van der Waals surface area contributed by atoms with Gasteiger partial charge in [0.1, 0.15) is 8.64 Å². The molecule has 0 rings (SSSR count). The molecule has 0 aromatic carbocycles. The Labute approximate surface area is 216 Å². The van der Waals surface area contributed by atoms with Gasteiger partial charge in [-0.1, -0.05) is 128 Å². The average molecular weight is 507 g/mol. The zero-order valence-electron chi connectivity index (χ0n) is 20.5. The van der Waals surface area contributed by atoms with Crippen molar-refractivity contribution >= 4 is 58.3 Å². The maximum Gasteiger partial charge on any atom is 0.133 e. The van der Waals surface area contributed by atoms with E-state index in [0.29, 0.717) is 0 Å². The average Bonchev–Trinajstić information content (AvgIpc) is 2.74. The van der Waals surface area contributed by atoms with Gasteiger partial charge in [0.15, 0.2) is 0 Å². The zero-order chi connectivity index (χ0) is 23.2. The van der Waals surface area contributed by atoms with Crippen LogP contribution in [0.5, 0.6) is 0 Å². The number of hydrogen-bond acceptors (Lipinski definition) is 2. The van der Waals surface area contributed by atoms with Crippen molar-refractivity contribution in [3.8, 4) is 0 Å². The third kappa shape index (κ3) is 20.8. The summed E-state index contributed by atoms with van der Waals surface area (Å²) in [6.07, 6.45) is 22.5. The highest BCUT2D eigenvalue weighted by Gasteiger charge is 2.10. The van der Waals surface area contributed by atoms with Crippen molar-refractivity contribution in [3.63, 3.8) is 0 Å². The van der Waals surface area contributed by atoms with Crippen LogP contribution in [-0.4, -0.2) is 44.6 Å². The van der Waals surface area contributed by atoms with E-state index in [1.807, 2.05) is 0 Å². The first-order valence-corrected chi connectivity index (χ1v) is 14.7. The lowest BCUT2D eigenvalue weighted by Gasteiger charge is -2.26. The molecule has 0 heterocycles. The Bertz CT molecular complexity index is 394. The summed E-state index contributed by atoms with van der Waals surface area (Å²) in [5, 5.41) is 0. The Morgan fingerprint density at radius 2 is 0.710 bits per heavy atom. The first kappa shape index (κ1) is 31.5. The summed E-state index contributed by atoms with van der Waals surface area (Å²) < 4.78 is 1.46. The fourth-order valence-electron chi connectivity index (χ4n) is 3.93. The molecule has 0 fully saturated rings. The summed E-state index contributed by atoms with van der Waals surface area (Å²) in [5.41, 5.74) is 0. The van der Waals surface area contributed by atoms with Crippen LogP contribution in [0.4, 0.5) is 0 Å². The molecule has 0 saturated heterocycles. The van der Waals surface area contributed by atoms with Gasteiger partial charge in [0.05, 0.1) is 0 Å². The highest BCUT2D eigenvalue weighted by molar-refractivity contribution is 8.11. The monoisotopic (exact) mass is 506 g/mol. The normalized spacial score (nSPS) is 11.0. The lowest BCUT2D eigenvalue weighted by molar-refractivity contribution is 0.354. The quantitative estimate of drug-likeness (QED) is 0.0860. The lowest BCUT2D eigenvalue weighted by Crippen LogP contribution is -2.33. The second-order valence-electron chi connectivity index (χ2n) is 8.84. The molecule has 0 aliphatic carbocycles. The van der Waals surface area contributed by atoms with E-state index in [9.17, 15) is 0 Å². The van der Waals surface area contributed by atoms with E-state index in [1.165, 1.54) is 103 Å². The van der Waals surface area contributed by atoms with Gasteiger partial charge in [-0.2, -0.15) is 0 Å². The second-order valence-corrected chi connectivity index (χ2v) is 11.1. The van der Waals surface area contributed by atoms with Crippen molar-refractivity contribution in [3.05, 3.63) is 0 Å². The Morgan fingerprint density at radius 3 is 1.00 bits per heavy atom. The van der Waals surface area contributed by atoms with Gasteiger partial charge in [0.25, 0.3) is 0 Å². The van der Waals surface area contributed by atoms with Crippen molar-refractivity contribution in [2.75, 3.05) is 26.2 Å². The van der Waals surface area contributed by atoms with Gasteiger partial charge in [-0.15, -0.1) is 25.3 Å². The van der Waals surface area contributed by atoms with Gasteiger partial charge < -0.3 is 9.80 Å². The lowest BCUT2D eigenvalue weighted by atomic mass is 10.1. The van der Waals surface area contributed by atoms with Crippen LogP contribution in [0.2, 0.25) is 0 Å². The number of thiol groups is 2. The van der Waals surface area contributed by atoms with Crippen molar-refractivity contribution in [2.45, 2.75) is 123 Å². The van der Waals surface area contributed by atoms with E-state index in [2.05, 4.69) is 48.9 Å². The van der Waals surface area contributed by atoms with E-state index < -0.39 is 0 Å². The number of nitrogens with zero attached hydrogens (tertiary/aromatic N) is 2. The molecule has 0 unspecified atom stereocenters. The number of unbranched alkanes of at least 4 members (excludes halogenated alkanes) is 14. The maximum absolute atomic E-state index is 5.37. The highest BCUT2D eigenvalue weighted by Crippen LogP contribution is 2.12. The minimum atomic E-state index is 0.728. The first-order chi connectivity index (χ1) is 15.0.